The minimum absolute atomic E-state index is 0.0294. The number of H-pyrrole nitrogens is 1. The van der Waals surface area contributed by atoms with E-state index in [1.807, 2.05) is 52.0 Å². The predicted octanol–water partition coefficient (Wildman–Crippen LogP) is 5.22. The van der Waals surface area contributed by atoms with E-state index in [0.29, 0.717) is 35.0 Å². The van der Waals surface area contributed by atoms with E-state index in [2.05, 4.69) is 20.4 Å². The molecule has 2 atom stereocenters. The van der Waals surface area contributed by atoms with Gasteiger partial charge in [0.05, 0.1) is 30.0 Å². The monoisotopic (exact) mass is 556 g/mol. The predicted molar refractivity (Wildman–Crippen MR) is 151 cm³/mol. The molecular weight excluding hydrogens is 520 g/mol. The van der Waals surface area contributed by atoms with Crippen molar-refractivity contribution in [3.8, 4) is 17.0 Å². The molecule has 3 rings (SSSR count). The number of amides is 2. The molecule has 9 nitrogen and oxygen atoms in total. The average molecular weight is 557 g/mol. The maximum absolute atomic E-state index is 12.9. The Kier molecular flexibility index (Phi) is 10.8. The number of hydrogen-bond acceptors (Lipinski definition) is 6. The second-order valence-electron chi connectivity index (χ2n) is 9.56. The molecule has 0 aliphatic rings. The van der Waals surface area contributed by atoms with Crippen molar-refractivity contribution < 1.29 is 24.2 Å². The quantitative estimate of drug-likeness (QED) is 0.242. The molecule has 0 unspecified atom stereocenters. The Morgan fingerprint density at radius 3 is 2.41 bits per heavy atom. The third-order valence-electron chi connectivity index (χ3n) is 6.16. The van der Waals surface area contributed by atoms with Crippen LogP contribution in [-0.4, -0.2) is 52.9 Å². The molecule has 0 fully saturated rings. The Hall–Kier alpha value is -3.56. The van der Waals surface area contributed by atoms with Gasteiger partial charge in [-0.15, -0.1) is 0 Å². The number of halogens is 1. The molecule has 2 aromatic carbocycles. The normalized spacial score (nSPS) is 12.6. The number of alkyl carbamates (subject to hydrolysis) is 1. The first kappa shape index (κ1) is 30.0. The van der Waals surface area contributed by atoms with Crippen molar-refractivity contribution in [2.45, 2.75) is 65.1 Å². The highest BCUT2D eigenvalue weighted by Crippen LogP contribution is 2.27. The van der Waals surface area contributed by atoms with Crippen molar-refractivity contribution in [2.75, 3.05) is 13.7 Å². The number of benzene rings is 2. The highest BCUT2D eigenvalue weighted by Gasteiger charge is 2.19. The fourth-order valence-corrected chi connectivity index (χ4v) is 4.38. The number of nitrogens with one attached hydrogen (secondary N) is 3. The summed E-state index contributed by atoms with van der Waals surface area (Å²) in [7, 11) is 1.32. The molecular formula is C29H37ClN4O5. The molecule has 10 heteroatoms. The second-order valence-corrected chi connectivity index (χ2v) is 9.96. The van der Waals surface area contributed by atoms with Gasteiger partial charge < -0.3 is 30.2 Å². The van der Waals surface area contributed by atoms with Crippen LogP contribution in [-0.2, 0) is 17.6 Å². The van der Waals surface area contributed by atoms with Crippen molar-refractivity contribution in [2.24, 2.45) is 0 Å². The third kappa shape index (κ3) is 8.21. The summed E-state index contributed by atoms with van der Waals surface area (Å²) in [6, 6.07) is 12.3. The van der Waals surface area contributed by atoms with Crippen molar-refractivity contribution in [1.29, 1.82) is 0 Å². The van der Waals surface area contributed by atoms with Crippen molar-refractivity contribution in [1.82, 2.24) is 20.6 Å². The Balaban J connectivity index is 1.71. The van der Waals surface area contributed by atoms with E-state index in [1.165, 1.54) is 7.11 Å². The van der Waals surface area contributed by atoms with E-state index in [1.54, 1.807) is 18.2 Å². The molecule has 0 bridgehead atoms. The molecule has 2 amide bonds. The van der Waals surface area contributed by atoms with Crippen LogP contribution in [0.15, 0.2) is 42.5 Å². The number of aromatic amines is 1. The maximum Gasteiger partial charge on any atom is 0.407 e. The lowest BCUT2D eigenvalue weighted by atomic mass is 10.00. The van der Waals surface area contributed by atoms with Crippen LogP contribution in [0.1, 0.15) is 67.6 Å². The Labute approximate surface area is 234 Å². The van der Waals surface area contributed by atoms with E-state index in [4.69, 9.17) is 21.3 Å². The summed E-state index contributed by atoms with van der Waals surface area (Å²) in [4.78, 5) is 32.5. The Morgan fingerprint density at radius 1 is 1.10 bits per heavy atom. The smallest absolute Gasteiger partial charge is 0.407 e. The number of carbonyl (C=O) groups is 2. The molecule has 0 radical (unpaired) electrons. The van der Waals surface area contributed by atoms with Gasteiger partial charge in [0.15, 0.2) is 0 Å². The van der Waals surface area contributed by atoms with Gasteiger partial charge >= 0.3 is 6.09 Å². The van der Waals surface area contributed by atoms with Gasteiger partial charge in [-0.25, -0.2) is 9.78 Å². The van der Waals surface area contributed by atoms with Crippen LogP contribution in [0.25, 0.3) is 11.3 Å². The number of methoxy groups -OCH3 is 1. The van der Waals surface area contributed by atoms with Gasteiger partial charge in [0, 0.05) is 29.5 Å². The van der Waals surface area contributed by atoms with E-state index in [9.17, 15) is 14.7 Å². The third-order valence-corrected chi connectivity index (χ3v) is 6.45. The first-order valence-corrected chi connectivity index (χ1v) is 13.4. The number of aliphatic hydroxyl groups is 1. The summed E-state index contributed by atoms with van der Waals surface area (Å²) in [6.45, 7) is 7.62. The van der Waals surface area contributed by atoms with Gasteiger partial charge in [0.1, 0.15) is 11.6 Å². The van der Waals surface area contributed by atoms with Crippen LogP contribution in [0, 0.1) is 0 Å². The number of aliphatic hydroxyl groups excluding tert-OH is 1. The molecule has 0 spiro atoms. The fourth-order valence-electron chi connectivity index (χ4n) is 4.16. The average Bonchev–Trinajstić information content (AvgIpc) is 3.35. The van der Waals surface area contributed by atoms with E-state index in [-0.39, 0.29) is 30.7 Å². The SMILES string of the molecule is CCc1[nH]c([C@@H](C)NC(=O)OC)nc1-c1ccc(C[C@@H](CCO)NC(=O)c2ccc(OC(C)C)c(Cl)c2)cc1. The van der Waals surface area contributed by atoms with Gasteiger partial charge in [-0.05, 0) is 63.8 Å². The van der Waals surface area contributed by atoms with Crippen LogP contribution >= 0.6 is 11.6 Å². The van der Waals surface area contributed by atoms with Gasteiger partial charge in [-0.1, -0.05) is 42.8 Å². The van der Waals surface area contributed by atoms with Crippen LogP contribution in [0.4, 0.5) is 4.79 Å². The molecule has 0 aliphatic carbocycles. The number of imidazole rings is 1. The molecule has 4 N–H and O–H groups in total. The van der Waals surface area contributed by atoms with Gasteiger partial charge in [0.25, 0.3) is 5.91 Å². The lowest BCUT2D eigenvalue weighted by Gasteiger charge is -2.19. The van der Waals surface area contributed by atoms with E-state index in [0.717, 1.165) is 28.9 Å². The lowest BCUT2D eigenvalue weighted by molar-refractivity contribution is 0.0930. The largest absolute Gasteiger partial charge is 0.489 e. The Bertz CT molecular complexity index is 1260. The maximum atomic E-state index is 12.9. The molecule has 0 saturated heterocycles. The summed E-state index contributed by atoms with van der Waals surface area (Å²) in [5, 5.41) is 15.7. The number of nitrogens with zero attached hydrogens (tertiary/aromatic N) is 1. The first-order chi connectivity index (χ1) is 18.6. The Morgan fingerprint density at radius 2 is 1.82 bits per heavy atom. The standard InChI is InChI=1S/C29H37ClN4O5/c1-6-24-26(34-27(33-24)18(4)31-29(37)38-5)20-9-7-19(8-10-20)15-22(13-14-35)32-28(36)21-11-12-25(23(30)16-21)39-17(2)3/h7-12,16-18,22,35H,6,13-15H2,1-5H3,(H,31,37)(H,32,36)(H,33,34)/t18-,22-/m1/s1. The van der Waals surface area contributed by atoms with Crippen molar-refractivity contribution in [3.63, 3.8) is 0 Å². The molecule has 0 aliphatic heterocycles. The zero-order valence-corrected chi connectivity index (χ0v) is 23.8. The minimum Gasteiger partial charge on any atom is -0.489 e. The molecule has 1 heterocycles. The van der Waals surface area contributed by atoms with Crippen molar-refractivity contribution >= 4 is 23.6 Å². The van der Waals surface area contributed by atoms with Crippen LogP contribution in [0.3, 0.4) is 0 Å². The number of rotatable bonds is 12. The molecule has 0 saturated carbocycles. The van der Waals surface area contributed by atoms with Crippen molar-refractivity contribution in [3.05, 3.63) is 70.1 Å². The summed E-state index contributed by atoms with van der Waals surface area (Å²) in [6.07, 6.45) is 1.14. The van der Waals surface area contributed by atoms with E-state index >= 15 is 0 Å². The number of carbonyl (C=O) groups excluding carboxylic acids is 2. The van der Waals surface area contributed by atoms with Gasteiger partial charge in [-0.3, -0.25) is 4.79 Å². The lowest BCUT2D eigenvalue weighted by Crippen LogP contribution is -2.37. The topological polar surface area (TPSA) is 126 Å². The van der Waals surface area contributed by atoms with Crippen LogP contribution < -0.4 is 15.4 Å². The number of hydrogen-bond donors (Lipinski definition) is 4. The van der Waals surface area contributed by atoms with Crippen LogP contribution in [0.5, 0.6) is 5.75 Å². The van der Waals surface area contributed by atoms with Gasteiger partial charge in [-0.2, -0.15) is 0 Å². The highest BCUT2D eigenvalue weighted by atomic mass is 35.5. The number of aromatic nitrogens is 2. The zero-order valence-electron chi connectivity index (χ0n) is 23.0. The molecule has 3 aromatic rings. The number of ether oxygens (including phenoxy) is 2. The summed E-state index contributed by atoms with van der Waals surface area (Å²) >= 11 is 6.30. The second kappa shape index (κ2) is 14.0. The zero-order chi connectivity index (χ0) is 28.5. The highest BCUT2D eigenvalue weighted by molar-refractivity contribution is 6.32. The summed E-state index contributed by atoms with van der Waals surface area (Å²) < 4.78 is 10.3. The first-order valence-electron chi connectivity index (χ1n) is 13.1. The fraction of sp³-hybridized carbons (Fsp3) is 0.414. The summed E-state index contributed by atoms with van der Waals surface area (Å²) in [5.41, 5.74) is 4.15. The number of aryl methyl sites for hydroxylation is 1. The minimum atomic E-state index is -0.521. The molecule has 1 aromatic heterocycles. The van der Waals surface area contributed by atoms with Gasteiger partial charge in [0.2, 0.25) is 0 Å². The molecule has 210 valence electrons. The van der Waals surface area contributed by atoms with E-state index < -0.39 is 6.09 Å². The molecule has 39 heavy (non-hydrogen) atoms. The van der Waals surface area contributed by atoms with Crippen LogP contribution in [0.2, 0.25) is 5.02 Å². The summed E-state index contributed by atoms with van der Waals surface area (Å²) in [5.74, 6) is 0.903.